The fourth-order valence-corrected chi connectivity index (χ4v) is 2.22. The van der Waals surface area contributed by atoms with Crippen molar-refractivity contribution in [3.8, 4) is 10.1 Å². The number of nitrogen functional groups attached to an aromatic ring is 1. The van der Waals surface area contributed by atoms with E-state index in [-0.39, 0.29) is 14.5 Å². The second-order valence-corrected chi connectivity index (χ2v) is 4.43. The van der Waals surface area contributed by atoms with E-state index in [1.54, 1.807) is 0 Å². The van der Waals surface area contributed by atoms with Crippen LogP contribution < -0.4 is 5.73 Å². The summed E-state index contributed by atoms with van der Waals surface area (Å²) in [6, 6.07) is 10.0. The summed E-state index contributed by atoms with van der Waals surface area (Å²) in [6.45, 7) is 0. The van der Waals surface area contributed by atoms with E-state index in [0.717, 1.165) is 10.1 Å². The molecule has 0 aliphatic heterocycles. The fraction of sp³-hybridized carbons (Fsp3) is 0. The third-order valence-electron chi connectivity index (χ3n) is 1.46. The van der Waals surface area contributed by atoms with Gasteiger partial charge in [0.2, 0.25) is 0 Å². The molecule has 0 spiro atoms. The Balaban J connectivity index is 2.45. The Labute approximate surface area is 76.0 Å². The summed E-state index contributed by atoms with van der Waals surface area (Å²) in [7, 11) is 0. The number of hydrogen-bond acceptors (Lipinski definition) is 3. The quantitative estimate of drug-likeness (QED) is 0.728. The third kappa shape index (κ3) is 1.39. The molecule has 0 saturated heterocycles. The molecule has 2 aromatic rings. The van der Waals surface area contributed by atoms with Gasteiger partial charge in [-0.2, -0.15) is 0 Å². The Kier molecular flexibility index (Phi) is 1.94. The van der Waals surface area contributed by atoms with Crippen molar-refractivity contribution in [2.24, 2.45) is 0 Å². The van der Waals surface area contributed by atoms with Crippen LogP contribution in [0.2, 0.25) is 0 Å². The van der Waals surface area contributed by atoms with Gasteiger partial charge in [-0.25, -0.2) is 0 Å². The summed E-state index contributed by atoms with van der Waals surface area (Å²) >= 11 is 0.126. The SMILES string of the molecule is Nc1nnc(-c2ccccc2)[se]1. The molecule has 2 rings (SSSR count). The molecule has 4 heteroatoms. The van der Waals surface area contributed by atoms with Crippen LogP contribution >= 0.6 is 0 Å². The van der Waals surface area contributed by atoms with Crippen LogP contribution in [0.4, 0.5) is 4.69 Å². The maximum atomic E-state index is 5.53. The van der Waals surface area contributed by atoms with Gasteiger partial charge in [-0.15, -0.1) is 0 Å². The Morgan fingerprint density at radius 2 is 1.83 bits per heavy atom. The Morgan fingerprint density at radius 1 is 1.08 bits per heavy atom. The van der Waals surface area contributed by atoms with Crippen LogP contribution in [0.25, 0.3) is 10.1 Å². The predicted octanol–water partition coefficient (Wildman–Crippen LogP) is 0.783. The van der Waals surface area contributed by atoms with Gasteiger partial charge in [0, 0.05) is 0 Å². The molecule has 0 atom stereocenters. The van der Waals surface area contributed by atoms with Gasteiger partial charge in [-0.3, -0.25) is 0 Å². The van der Waals surface area contributed by atoms with Crippen LogP contribution in [0.15, 0.2) is 30.3 Å². The van der Waals surface area contributed by atoms with Crippen molar-refractivity contribution < 1.29 is 0 Å². The van der Waals surface area contributed by atoms with E-state index in [0.29, 0.717) is 4.69 Å². The molecule has 1 aromatic carbocycles. The number of benzene rings is 1. The van der Waals surface area contributed by atoms with Crippen molar-refractivity contribution in [1.29, 1.82) is 0 Å². The molecular weight excluding hydrogens is 217 g/mol. The van der Waals surface area contributed by atoms with Crippen LogP contribution in [0.3, 0.4) is 0 Å². The number of anilines is 1. The van der Waals surface area contributed by atoms with Gasteiger partial charge in [-0.05, 0) is 0 Å². The summed E-state index contributed by atoms with van der Waals surface area (Å²) in [6.07, 6.45) is 0. The molecule has 12 heavy (non-hydrogen) atoms. The van der Waals surface area contributed by atoms with Crippen molar-refractivity contribution >= 4 is 19.2 Å². The summed E-state index contributed by atoms with van der Waals surface area (Å²) < 4.78 is 1.67. The van der Waals surface area contributed by atoms with Crippen molar-refractivity contribution in [3.05, 3.63) is 30.3 Å². The normalized spacial score (nSPS) is 10.0. The van der Waals surface area contributed by atoms with Gasteiger partial charge in [0.15, 0.2) is 0 Å². The zero-order chi connectivity index (χ0) is 8.39. The van der Waals surface area contributed by atoms with Crippen LogP contribution in [0.5, 0.6) is 0 Å². The van der Waals surface area contributed by atoms with Crippen LogP contribution in [-0.4, -0.2) is 24.7 Å². The predicted molar refractivity (Wildman–Crippen MR) is 48.8 cm³/mol. The first-order valence-corrected chi connectivity index (χ1v) is 5.22. The number of hydrogen-bond donors (Lipinski definition) is 1. The molecular formula is C8H7N3Se. The van der Waals surface area contributed by atoms with Gasteiger partial charge >= 0.3 is 75.6 Å². The van der Waals surface area contributed by atoms with Crippen LogP contribution in [0.1, 0.15) is 0 Å². The average molecular weight is 224 g/mol. The summed E-state index contributed by atoms with van der Waals surface area (Å²) in [5.74, 6) is 0. The van der Waals surface area contributed by atoms with Gasteiger partial charge < -0.3 is 0 Å². The standard InChI is InChI=1S/C8H7N3Se/c9-8-11-10-7(12-8)6-4-2-1-3-5-6/h1-5H,(H2,9,11). The molecule has 60 valence electrons. The number of nitrogens with two attached hydrogens (primary N) is 1. The number of rotatable bonds is 1. The zero-order valence-corrected chi connectivity index (χ0v) is 7.98. The molecule has 3 nitrogen and oxygen atoms in total. The van der Waals surface area contributed by atoms with E-state index in [1.165, 1.54) is 0 Å². The molecule has 0 saturated carbocycles. The molecule has 0 radical (unpaired) electrons. The van der Waals surface area contributed by atoms with Crippen molar-refractivity contribution in [2.75, 3.05) is 5.73 Å². The fourth-order valence-electron chi connectivity index (χ4n) is 0.932. The van der Waals surface area contributed by atoms with E-state index >= 15 is 0 Å². The van der Waals surface area contributed by atoms with Gasteiger partial charge in [-0.1, -0.05) is 0 Å². The van der Waals surface area contributed by atoms with Crippen molar-refractivity contribution in [3.63, 3.8) is 0 Å². The Hall–Kier alpha value is -1.12. The Bertz CT molecular complexity index is 369. The van der Waals surface area contributed by atoms with Gasteiger partial charge in [0.05, 0.1) is 0 Å². The Morgan fingerprint density at radius 3 is 2.42 bits per heavy atom. The molecule has 0 amide bonds. The second-order valence-electron chi connectivity index (χ2n) is 2.31. The second kappa shape index (κ2) is 3.09. The zero-order valence-electron chi connectivity index (χ0n) is 6.27. The molecule has 0 bridgehead atoms. The topological polar surface area (TPSA) is 51.8 Å². The molecule has 0 unspecified atom stereocenters. The van der Waals surface area contributed by atoms with E-state index in [9.17, 15) is 0 Å². The minimum absolute atomic E-state index is 0.126. The molecule has 0 fully saturated rings. The van der Waals surface area contributed by atoms with Crippen molar-refractivity contribution in [1.82, 2.24) is 10.2 Å². The first-order chi connectivity index (χ1) is 5.86. The summed E-state index contributed by atoms with van der Waals surface area (Å²) in [5, 5.41) is 7.80. The van der Waals surface area contributed by atoms with Crippen LogP contribution in [-0.2, 0) is 0 Å². The first kappa shape index (κ1) is 7.52. The summed E-state index contributed by atoms with van der Waals surface area (Å²) in [5.41, 5.74) is 6.65. The molecule has 0 aliphatic rings. The van der Waals surface area contributed by atoms with Crippen LogP contribution in [0, 0.1) is 0 Å². The number of aromatic nitrogens is 2. The molecule has 1 heterocycles. The van der Waals surface area contributed by atoms with Gasteiger partial charge in [0.25, 0.3) is 0 Å². The van der Waals surface area contributed by atoms with Gasteiger partial charge in [0.1, 0.15) is 0 Å². The molecule has 2 N–H and O–H groups in total. The van der Waals surface area contributed by atoms with Crippen molar-refractivity contribution in [2.45, 2.75) is 0 Å². The third-order valence-corrected chi connectivity index (χ3v) is 3.14. The first-order valence-electron chi connectivity index (χ1n) is 3.50. The monoisotopic (exact) mass is 225 g/mol. The van der Waals surface area contributed by atoms with E-state index < -0.39 is 0 Å². The van der Waals surface area contributed by atoms with E-state index in [4.69, 9.17) is 5.73 Å². The summed E-state index contributed by atoms with van der Waals surface area (Å²) in [4.78, 5) is 0. The van der Waals surface area contributed by atoms with E-state index in [1.807, 2.05) is 30.3 Å². The molecule has 1 aromatic heterocycles. The number of nitrogens with zero attached hydrogens (tertiary/aromatic N) is 2. The average Bonchev–Trinajstić information content (AvgIpc) is 2.54. The molecule has 0 aliphatic carbocycles. The maximum absolute atomic E-state index is 5.53. The van der Waals surface area contributed by atoms with E-state index in [2.05, 4.69) is 10.2 Å². The minimum atomic E-state index is 0.126.